The second-order valence-electron chi connectivity index (χ2n) is 4.13. The number of aliphatic carboxylic acids is 1. The standard InChI is InChI=1S/C12H13BrO3S/c13-9-5-6-17-11(9)10(14)7-3-1-2-4-8(7)12(15)16/h1-2,5-8,10,14H,3-4H2,(H,15,16). The molecule has 5 heteroatoms. The fourth-order valence-corrected chi connectivity index (χ4v) is 3.85. The van der Waals surface area contributed by atoms with Crippen molar-refractivity contribution < 1.29 is 15.0 Å². The number of rotatable bonds is 3. The van der Waals surface area contributed by atoms with Crippen LogP contribution in [-0.2, 0) is 4.79 Å². The molecule has 0 aliphatic heterocycles. The van der Waals surface area contributed by atoms with Crippen LogP contribution in [0.3, 0.4) is 0 Å². The molecule has 0 fully saturated rings. The number of hydrogen-bond acceptors (Lipinski definition) is 3. The van der Waals surface area contributed by atoms with Crippen LogP contribution in [0.5, 0.6) is 0 Å². The van der Waals surface area contributed by atoms with Crippen LogP contribution in [0.15, 0.2) is 28.1 Å². The van der Waals surface area contributed by atoms with Crippen LogP contribution in [0.4, 0.5) is 0 Å². The number of carboxylic acids is 1. The van der Waals surface area contributed by atoms with Crippen molar-refractivity contribution in [2.75, 3.05) is 0 Å². The lowest BCUT2D eigenvalue weighted by molar-refractivity contribution is -0.145. The van der Waals surface area contributed by atoms with E-state index in [1.54, 1.807) is 0 Å². The first kappa shape index (κ1) is 12.8. The highest BCUT2D eigenvalue weighted by molar-refractivity contribution is 9.10. The fourth-order valence-electron chi connectivity index (χ4n) is 2.18. The summed E-state index contributed by atoms with van der Waals surface area (Å²) in [6.07, 6.45) is 4.23. The molecule has 1 aliphatic carbocycles. The molecule has 0 amide bonds. The summed E-state index contributed by atoms with van der Waals surface area (Å²) in [4.78, 5) is 12.0. The third-order valence-electron chi connectivity index (χ3n) is 3.12. The van der Waals surface area contributed by atoms with Gasteiger partial charge in [0.25, 0.3) is 0 Å². The van der Waals surface area contributed by atoms with Crippen molar-refractivity contribution in [1.82, 2.24) is 0 Å². The third-order valence-corrected chi connectivity index (χ3v) is 5.06. The minimum Gasteiger partial charge on any atom is -0.481 e. The first-order valence-electron chi connectivity index (χ1n) is 5.40. The summed E-state index contributed by atoms with van der Waals surface area (Å²) in [5.41, 5.74) is 0. The number of aliphatic hydroxyl groups excluding tert-OH is 1. The predicted octanol–water partition coefficient (Wildman–Crippen LogP) is 3.21. The quantitative estimate of drug-likeness (QED) is 0.842. The van der Waals surface area contributed by atoms with Crippen LogP contribution < -0.4 is 0 Å². The van der Waals surface area contributed by atoms with E-state index in [1.165, 1.54) is 11.3 Å². The van der Waals surface area contributed by atoms with E-state index in [-0.39, 0.29) is 5.92 Å². The molecule has 0 spiro atoms. The summed E-state index contributed by atoms with van der Waals surface area (Å²) in [5, 5.41) is 21.4. The smallest absolute Gasteiger partial charge is 0.307 e. The molecule has 0 bridgehead atoms. The van der Waals surface area contributed by atoms with E-state index in [9.17, 15) is 15.0 Å². The van der Waals surface area contributed by atoms with Crippen LogP contribution in [0.25, 0.3) is 0 Å². The van der Waals surface area contributed by atoms with Crippen LogP contribution >= 0.6 is 27.3 Å². The Kier molecular flexibility index (Phi) is 4.01. The second-order valence-corrected chi connectivity index (χ2v) is 5.93. The zero-order valence-corrected chi connectivity index (χ0v) is 11.4. The molecule has 0 radical (unpaired) electrons. The number of hydrogen-bond donors (Lipinski definition) is 2. The molecule has 2 N–H and O–H groups in total. The van der Waals surface area contributed by atoms with Gasteiger partial charge in [0.1, 0.15) is 0 Å². The summed E-state index contributed by atoms with van der Waals surface area (Å²) >= 11 is 4.83. The first-order chi connectivity index (χ1) is 8.11. The van der Waals surface area contributed by atoms with Gasteiger partial charge in [-0.15, -0.1) is 11.3 Å². The van der Waals surface area contributed by atoms with E-state index in [0.29, 0.717) is 12.8 Å². The molecule has 3 nitrogen and oxygen atoms in total. The Morgan fingerprint density at radius 3 is 2.76 bits per heavy atom. The van der Waals surface area contributed by atoms with E-state index in [0.717, 1.165) is 9.35 Å². The SMILES string of the molecule is O=C(O)C1CC=CCC1C(O)c1sccc1Br. The average molecular weight is 317 g/mol. The number of halogens is 1. The van der Waals surface area contributed by atoms with Crippen molar-refractivity contribution in [3.63, 3.8) is 0 Å². The normalized spacial score (nSPS) is 25.8. The predicted molar refractivity (Wildman–Crippen MR) is 70.0 cm³/mol. The average Bonchev–Trinajstić information content (AvgIpc) is 2.74. The van der Waals surface area contributed by atoms with E-state index < -0.39 is 18.0 Å². The molecule has 17 heavy (non-hydrogen) atoms. The Bertz CT molecular complexity index is 441. The molecular weight excluding hydrogens is 304 g/mol. The lowest BCUT2D eigenvalue weighted by Gasteiger charge is -2.29. The zero-order valence-electron chi connectivity index (χ0n) is 9.04. The number of carbonyl (C=O) groups is 1. The van der Waals surface area contributed by atoms with E-state index in [4.69, 9.17) is 0 Å². The van der Waals surface area contributed by atoms with Crippen LogP contribution in [0.2, 0.25) is 0 Å². The summed E-state index contributed by atoms with van der Waals surface area (Å²) in [6.45, 7) is 0. The molecule has 1 aromatic rings. The number of thiophene rings is 1. The third kappa shape index (κ3) is 2.61. The Hall–Kier alpha value is -0.650. The molecule has 92 valence electrons. The summed E-state index contributed by atoms with van der Waals surface area (Å²) in [6, 6.07) is 1.87. The monoisotopic (exact) mass is 316 g/mol. The number of allylic oxidation sites excluding steroid dienone is 2. The molecule has 0 aromatic carbocycles. The molecule has 1 aliphatic rings. The Labute approximate surface area is 112 Å². The van der Waals surface area contributed by atoms with Crippen LogP contribution in [0.1, 0.15) is 23.8 Å². The molecule has 3 unspecified atom stereocenters. The molecule has 0 saturated carbocycles. The lowest BCUT2D eigenvalue weighted by atomic mass is 9.79. The van der Waals surface area contributed by atoms with Crippen LogP contribution in [0, 0.1) is 11.8 Å². The molecule has 1 heterocycles. The maximum atomic E-state index is 11.2. The highest BCUT2D eigenvalue weighted by atomic mass is 79.9. The van der Waals surface area contributed by atoms with Crippen molar-refractivity contribution in [3.8, 4) is 0 Å². The van der Waals surface area contributed by atoms with Gasteiger partial charge in [0.05, 0.1) is 12.0 Å². The van der Waals surface area contributed by atoms with Crippen LogP contribution in [-0.4, -0.2) is 16.2 Å². The van der Waals surface area contributed by atoms with Gasteiger partial charge >= 0.3 is 5.97 Å². The van der Waals surface area contributed by atoms with Crippen molar-refractivity contribution in [2.45, 2.75) is 18.9 Å². The fraction of sp³-hybridized carbons (Fsp3) is 0.417. The van der Waals surface area contributed by atoms with Crippen molar-refractivity contribution in [1.29, 1.82) is 0 Å². The van der Waals surface area contributed by atoms with Crippen molar-refractivity contribution in [3.05, 3.63) is 32.9 Å². The Morgan fingerprint density at radius 1 is 1.47 bits per heavy atom. The molecule has 2 rings (SSSR count). The molecule has 1 aromatic heterocycles. The minimum atomic E-state index is -0.828. The van der Waals surface area contributed by atoms with Gasteiger partial charge < -0.3 is 10.2 Å². The van der Waals surface area contributed by atoms with E-state index in [2.05, 4.69) is 15.9 Å². The van der Waals surface area contributed by atoms with E-state index in [1.807, 2.05) is 23.6 Å². The zero-order chi connectivity index (χ0) is 12.4. The summed E-state index contributed by atoms with van der Waals surface area (Å²) < 4.78 is 0.855. The van der Waals surface area contributed by atoms with Gasteiger partial charge in [-0.1, -0.05) is 12.2 Å². The van der Waals surface area contributed by atoms with Gasteiger partial charge in [-0.05, 0) is 40.2 Å². The molecule has 0 saturated heterocycles. The summed E-state index contributed by atoms with van der Waals surface area (Å²) in [7, 11) is 0. The van der Waals surface area contributed by atoms with Gasteiger partial charge in [-0.3, -0.25) is 4.79 Å². The van der Waals surface area contributed by atoms with Gasteiger partial charge in [-0.2, -0.15) is 0 Å². The summed E-state index contributed by atoms with van der Waals surface area (Å²) in [5.74, 6) is -1.57. The second kappa shape index (κ2) is 5.33. The Morgan fingerprint density at radius 2 is 2.18 bits per heavy atom. The lowest BCUT2D eigenvalue weighted by Crippen LogP contribution is -2.29. The number of aliphatic hydroxyl groups is 1. The van der Waals surface area contributed by atoms with Gasteiger partial charge in [0.2, 0.25) is 0 Å². The maximum absolute atomic E-state index is 11.2. The largest absolute Gasteiger partial charge is 0.481 e. The van der Waals surface area contributed by atoms with Gasteiger partial charge in [-0.25, -0.2) is 0 Å². The highest BCUT2D eigenvalue weighted by Gasteiger charge is 2.35. The van der Waals surface area contributed by atoms with Gasteiger partial charge in [0, 0.05) is 15.3 Å². The highest BCUT2D eigenvalue weighted by Crippen LogP contribution is 2.40. The molecule has 3 atom stereocenters. The minimum absolute atomic E-state index is 0.243. The molecular formula is C12H13BrO3S. The van der Waals surface area contributed by atoms with E-state index >= 15 is 0 Å². The topological polar surface area (TPSA) is 57.5 Å². The van der Waals surface area contributed by atoms with Gasteiger partial charge in [0.15, 0.2) is 0 Å². The maximum Gasteiger partial charge on any atom is 0.307 e. The van der Waals surface area contributed by atoms with Crippen molar-refractivity contribution >= 4 is 33.2 Å². The first-order valence-corrected chi connectivity index (χ1v) is 7.07. The Balaban J connectivity index is 2.23. The van der Waals surface area contributed by atoms with Crippen molar-refractivity contribution in [2.24, 2.45) is 11.8 Å². The number of carboxylic acid groups (broad SMARTS) is 1.